The zero-order valence-corrected chi connectivity index (χ0v) is 10.3. The molecule has 0 amide bonds. The van der Waals surface area contributed by atoms with E-state index < -0.39 is 5.60 Å². The third kappa shape index (κ3) is 2.78. The van der Waals surface area contributed by atoms with Gasteiger partial charge in [-0.15, -0.1) is 0 Å². The smallest absolute Gasteiger partial charge is 0.0703 e. The van der Waals surface area contributed by atoms with Gasteiger partial charge in [-0.2, -0.15) is 11.8 Å². The zero-order valence-electron chi connectivity index (χ0n) is 9.48. The minimum absolute atomic E-state index is 0.503. The van der Waals surface area contributed by atoms with Gasteiger partial charge in [0.1, 0.15) is 0 Å². The van der Waals surface area contributed by atoms with E-state index in [0.717, 1.165) is 36.3 Å². The first-order valence-electron chi connectivity index (χ1n) is 5.80. The number of aliphatic hydroxyl groups is 1. The maximum Gasteiger partial charge on any atom is 0.0703 e. The topological polar surface area (TPSA) is 46.2 Å². The van der Waals surface area contributed by atoms with Crippen molar-refractivity contribution in [2.75, 3.05) is 11.5 Å². The van der Waals surface area contributed by atoms with Crippen LogP contribution in [-0.2, 0) is 13.0 Å². The van der Waals surface area contributed by atoms with Gasteiger partial charge >= 0.3 is 0 Å². The molecule has 0 saturated carbocycles. The van der Waals surface area contributed by atoms with Gasteiger partial charge in [-0.05, 0) is 35.5 Å². The van der Waals surface area contributed by atoms with Gasteiger partial charge in [0.15, 0.2) is 0 Å². The summed E-state index contributed by atoms with van der Waals surface area (Å²) in [7, 11) is 0. The highest BCUT2D eigenvalue weighted by Gasteiger charge is 2.30. The minimum atomic E-state index is -0.503. The van der Waals surface area contributed by atoms with Gasteiger partial charge in [-0.3, -0.25) is 0 Å². The molecule has 0 aliphatic carbocycles. The Morgan fingerprint density at radius 1 is 1.19 bits per heavy atom. The molecule has 0 aromatic heterocycles. The monoisotopic (exact) mass is 237 g/mol. The second-order valence-electron chi connectivity index (χ2n) is 4.49. The molecule has 0 bridgehead atoms. The third-order valence-corrected chi connectivity index (χ3v) is 4.27. The van der Waals surface area contributed by atoms with Crippen LogP contribution in [0.15, 0.2) is 24.3 Å². The van der Waals surface area contributed by atoms with Crippen LogP contribution in [0, 0.1) is 0 Å². The molecule has 0 atom stereocenters. The molecule has 2 nitrogen and oxygen atoms in total. The lowest BCUT2D eigenvalue weighted by Crippen LogP contribution is -2.36. The van der Waals surface area contributed by atoms with Crippen molar-refractivity contribution in [3.63, 3.8) is 0 Å². The molecule has 3 heteroatoms. The highest BCUT2D eigenvalue weighted by atomic mass is 32.2. The van der Waals surface area contributed by atoms with Crippen molar-refractivity contribution >= 4 is 11.8 Å². The van der Waals surface area contributed by atoms with E-state index in [2.05, 4.69) is 12.1 Å². The molecule has 0 spiro atoms. The van der Waals surface area contributed by atoms with E-state index in [1.54, 1.807) is 0 Å². The maximum atomic E-state index is 10.5. The Bertz CT molecular complexity index is 348. The average molecular weight is 237 g/mol. The van der Waals surface area contributed by atoms with Crippen LogP contribution in [0.3, 0.4) is 0 Å². The molecule has 88 valence electrons. The normalized spacial score (nSPS) is 19.6. The Morgan fingerprint density at radius 2 is 1.81 bits per heavy atom. The Hall–Kier alpha value is -0.510. The number of hydrogen-bond acceptors (Lipinski definition) is 3. The molecular weight excluding hydrogens is 218 g/mol. The van der Waals surface area contributed by atoms with Crippen LogP contribution < -0.4 is 5.73 Å². The van der Waals surface area contributed by atoms with Crippen LogP contribution >= 0.6 is 11.8 Å². The lowest BCUT2D eigenvalue weighted by atomic mass is 9.87. The van der Waals surface area contributed by atoms with Gasteiger partial charge in [-0.1, -0.05) is 24.3 Å². The van der Waals surface area contributed by atoms with E-state index in [0.29, 0.717) is 6.54 Å². The summed E-state index contributed by atoms with van der Waals surface area (Å²) in [6.45, 7) is 0.557. The molecule has 1 aromatic carbocycles. The van der Waals surface area contributed by atoms with Crippen molar-refractivity contribution in [3.8, 4) is 0 Å². The summed E-state index contributed by atoms with van der Waals surface area (Å²) in [5, 5.41) is 10.5. The molecule has 1 aliphatic rings. The van der Waals surface area contributed by atoms with Crippen molar-refractivity contribution in [2.45, 2.75) is 31.4 Å². The van der Waals surface area contributed by atoms with Gasteiger partial charge in [-0.25, -0.2) is 0 Å². The second-order valence-corrected chi connectivity index (χ2v) is 5.71. The summed E-state index contributed by atoms with van der Waals surface area (Å²) in [6.07, 6.45) is 2.55. The lowest BCUT2D eigenvalue weighted by molar-refractivity contribution is 0.0322. The highest BCUT2D eigenvalue weighted by molar-refractivity contribution is 7.99. The SMILES string of the molecule is NCc1ccccc1CC1(O)CCSCC1. The molecule has 1 saturated heterocycles. The van der Waals surface area contributed by atoms with Gasteiger partial charge in [0.25, 0.3) is 0 Å². The third-order valence-electron chi connectivity index (χ3n) is 3.28. The van der Waals surface area contributed by atoms with E-state index in [4.69, 9.17) is 5.73 Å². The van der Waals surface area contributed by atoms with Crippen LogP contribution in [0.1, 0.15) is 24.0 Å². The van der Waals surface area contributed by atoms with E-state index in [-0.39, 0.29) is 0 Å². The summed E-state index contributed by atoms with van der Waals surface area (Å²) in [5.74, 6) is 2.14. The maximum absolute atomic E-state index is 10.5. The standard InChI is InChI=1S/C13H19NOS/c14-10-12-4-2-1-3-11(12)9-13(15)5-7-16-8-6-13/h1-4,15H,5-10,14H2. The highest BCUT2D eigenvalue weighted by Crippen LogP contribution is 2.30. The summed E-state index contributed by atoms with van der Waals surface area (Å²) < 4.78 is 0. The van der Waals surface area contributed by atoms with E-state index in [1.807, 2.05) is 23.9 Å². The summed E-state index contributed by atoms with van der Waals surface area (Å²) in [4.78, 5) is 0. The quantitative estimate of drug-likeness (QED) is 0.844. The van der Waals surface area contributed by atoms with Gasteiger partial charge in [0.05, 0.1) is 5.60 Å². The van der Waals surface area contributed by atoms with Gasteiger partial charge in [0.2, 0.25) is 0 Å². The van der Waals surface area contributed by atoms with Gasteiger partial charge in [0, 0.05) is 13.0 Å². The first kappa shape index (κ1) is 12.0. The van der Waals surface area contributed by atoms with Crippen LogP contribution in [0.4, 0.5) is 0 Å². The van der Waals surface area contributed by atoms with Crippen LogP contribution in [-0.4, -0.2) is 22.2 Å². The molecule has 0 unspecified atom stereocenters. The molecule has 2 rings (SSSR count). The number of thioether (sulfide) groups is 1. The molecule has 0 radical (unpaired) electrons. The lowest BCUT2D eigenvalue weighted by Gasteiger charge is -2.32. The fourth-order valence-electron chi connectivity index (χ4n) is 2.21. The second kappa shape index (κ2) is 5.21. The molecule has 3 N–H and O–H groups in total. The number of hydrogen-bond donors (Lipinski definition) is 2. The van der Waals surface area contributed by atoms with Crippen molar-refractivity contribution in [2.24, 2.45) is 5.73 Å². The Balaban J connectivity index is 2.12. The number of nitrogens with two attached hydrogens (primary N) is 1. The molecule has 1 heterocycles. The molecule has 1 fully saturated rings. The first-order chi connectivity index (χ1) is 7.73. The Kier molecular flexibility index (Phi) is 3.90. The summed E-state index contributed by atoms with van der Waals surface area (Å²) in [5.41, 5.74) is 7.58. The van der Waals surface area contributed by atoms with E-state index in [9.17, 15) is 5.11 Å². The van der Waals surface area contributed by atoms with Crippen molar-refractivity contribution in [1.82, 2.24) is 0 Å². The van der Waals surface area contributed by atoms with E-state index in [1.165, 1.54) is 5.56 Å². The largest absolute Gasteiger partial charge is 0.389 e. The minimum Gasteiger partial charge on any atom is -0.389 e. The summed E-state index contributed by atoms with van der Waals surface area (Å²) in [6, 6.07) is 8.17. The van der Waals surface area contributed by atoms with Crippen LogP contribution in [0.25, 0.3) is 0 Å². The average Bonchev–Trinajstić information content (AvgIpc) is 2.30. The fourth-order valence-corrected chi connectivity index (χ4v) is 3.46. The molecule has 16 heavy (non-hydrogen) atoms. The van der Waals surface area contributed by atoms with Gasteiger partial charge < -0.3 is 10.8 Å². The predicted molar refractivity (Wildman–Crippen MR) is 69.5 cm³/mol. The van der Waals surface area contributed by atoms with Crippen LogP contribution in [0.5, 0.6) is 0 Å². The van der Waals surface area contributed by atoms with E-state index >= 15 is 0 Å². The Morgan fingerprint density at radius 3 is 2.44 bits per heavy atom. The molecule has 1 aromatic rings. The van der Waals surface area contributed by atoms with Crippen LogP contribution in [0.2, 0.25) is 0 Å². The first-order valence-corrected chi connectivity index (χ1v) is 6.96. The Labute approximate surface area is 101 Å². The van der Waals surface area contributed by atoms with Crippen molar-refractivity contribution < 1.29 is 5.11 Å². The fraction of sp³-hybridized carbons (Fsp3) is 0.538. The molecular formula is C13H19NOS. The predicted octanol–water partition coefficient (Wildman–Crippen LogP) is 1.95. The number of benzene rings is 1. The number of rotatable bonds is 3. The zero-order chi connectivity index (χ0) is 11.4. The van der Waals surface area contributed by atoms with Crippen molar-refractivity contribution in [3.05, 3.63) is 35.4 Å². The molecule has 1 aliphatic heterocycles. The van der Waals surface area contributed by atoms with Crippen molar-refractivity contribution in [1.29, 1.82) is 0 Å². The summed E-state index contributed by atoms with van der Waals surface area (Å²) >= 11 is 1.93.